The molecular formula is C11H18N2O3. The van der Waals surface area contributed by atoms with E-state index in [-0.39, 0.29) is 12.6 Å². The van der Waals surface area contributed by atoms with E-state index in [1.807, 2.05) is 6.92 Å². The number of urea groups is 1. The first kappa shape index (κ1) is 14.3. The van der Waals surface area contributed by atoms with Gasteiger partial charge in [-0.25, -0.2) is 4.79 Å². The summed E-state index contributed by atoms with van der Waals surface area (Å²) in [5.74, 6) is 1.45. The molecule has 0 heterocycles. The van der Waals surface area contributed by atoms with Crippen LogP contribution >= 0.6 is 0 Å². The molecule has 1 unspecified atom stereocenters. The van der Waals surface area contributed by atoms with Gasteiger partial charge in [-0.2, -0.15) is 0 Å². The van der Waals surface area contributed by atoms with Crippen molar-refractivity contribution in [3.05, 3.63) is 0 Å². The Balaban J connectivity index is 4.09. The minimum atomic E-state index is -0.991. The zero-order chi connectivity index (χ0) is 12.8. The molecule has 0 fully saturated rings. The number of rotatable bonds is 5. The van der Waals surface area contributed by atoms with Crippen LogP contribution in [-0.2, 0) is 4.79 Å². The van der Waals surface area contributed by atoms with Crippen LogP contribution in [0.3, 0.4) is 0 Å². The van der Waals surface area contributed by atoms with Crippen LogP contribution in [0.25, 0.3) is 0 Å². The zero-order valence-corrected chi connectivity index (χ0v) is 9.83. The third-order valence-corrected chi connectivity index (χ3v) is 2.18. The predicted molar refractivity (Wildman–Crippen MR) is 60.9 cm³/mol. The number of nitrogens with one attached hydrogen (secondary N) is 2. The molecule has 0 spiro atoms. The molecule has 0 aliphatic rings. The maximum absolute atomic E-state index is 11.3. The number of aliphatic carboxylic acids is 1. The van der Waals surface area contributed by atoms with Gasteiger partial charge >= 0.3 is 12.0 Å². The summed E-state index contributed by atoms with van der Waals surface area (Å²) in [6.45, 7) is 4.98. The van der Waals surface area contributed by atoms with E-state index in [1.165, 1.54) is 13.8 Å². The lowest BCUT2D eigenvalue weighted by molar-refractivity contribution is -0.146. The Kier molecular flexibility index (Phi) is 5.37. The number of terminal acetylenes is 1. The van der Waals surface area contributed by atoms with E-state index in [0.717, 1.165) is 0 Å². The Labute approximate surface area is 95.6 Å². The predicted octanol–water partition coefficient (Wildman–Crippen LogP) is 0.808. The van der Waals surface area contributed by atoms with Crippen molar-refractivity contribution >= 4 is 12.0 Å². The summed E-state index contributed by atoms with van der Waals surface area (Å²) in [7, 11) is 0. The van der Waals surface area contributed by atoms with E-state index in [1.54, 1.807) is 0 Å². The minimum absolute atomic E-state index is 0.0508. The Hall–Kier alpha value is -1.70. The van der Waals surface area contributed by atoms with E-state index < -0.39 is 17.4 Å². The Morgan fingerprint density at radius 1 is 1.50 bits per heavy atom. The average Bonchev–Trinajstić information content (AvgIpc) is 2.23. The standard InChI is InChI=1S/C11H18N2O3/c1-5-8(6-2)13-10(16)12-7-11(3,4)9(14)15/h1,8H,6-7H2,2-4H3,(H,14,15)(H2,12,13,16). The summed E-state index contributed by atoms with van der Waals surface area (Å²) < 4.78 is 0. The lowest BCUT2D eigenvalue weighted by Gasteiger charge is -2.20. The second-order valence-electron chi connectivity index (χ2n) is 4.14. The fraction of sp³-hybridized carbons (Fsp3) is 0.636. The average molecular weight is 226 g/mol. The van der Waals surface area contributed by atoms with Gasteiger partial charge in [-0.1, -0.05) is 12.8 Å². The van der Waals surface area contributed by atoms with Crippen molar-refractivity contribution in [3.63, 3.8) is 0 Å². The molecule has 0 aliphatic carbocycles. The van der Waals surface area contributed by atoms with Crippen molar-refractivity contribution in [2.45, 2.75) is 33.2 Å². The van der Waals surface area contributed by atoms with Crippen molar-refractivity contribution in [1.29, 1.82) is 0 Å². The maximum atomic E-state index is 11.3. The lowest BCUT2D eigenvalue weighted by Crippen LogP contribution is -2.46. The van der Waals surface area contributed by atoms with E-state index in [2.05, 4.69) is 16.6 Å². The molecule has 5 nitrogen and oxygen atoms in total. The second kappa shape index (κ2) is 6.01. The third-order valence-electron chi connectivity index (χ3n) is 2.18. The number of carbonyl (C=O) groups is 2. The fourth-order valence-corrected chi connectivity index (χ4v) is 0.848. The van der Waals surface area contributed by atoms with E-state index >= 15 is 0 Å². The minimum Gasteiger partial charge on any atom is -0.481 e. The molecule has 2 amide bonds. The molecular weight excluding hydrogens is 208 g/mol. The highest BCUT2D eigenvalue weighted by Gasteiger charge is 2.27. The Morgan fingerprint density at radius 2 is 2.06 bits per heavy atom. The van der Waals surface area contributed by atoms with Crippen LogP contribution in [0.1, 0.15) is 27.2 Å². The molecule has 0 saturated carbocycles. The number of hydrogen-bond donors (Lipinski definition) is 3. The van der Waals surface area contributed by atoms with Gasteiger partial charge in [-0.05, 0) is 20.3 Å². The lowest BCUT2D eigenvalue weighted by atomic mass is 9.94. The first-order valence-electron chi connectivity index (χ1n) is 5.07. The summed E-state index contributed by atoms with van der Waals surface area (Å²) in [5, 5.41) is 13.9. The van der Waals surface area contributed by atoms with Gasteiger partial charge in [0.25, 0.3) is 0 Å². The highest BCUT2D eigenvalue weighted by Crippen LogP contribution is 2.12. The van der Waals surface area contributed by atoms with Crippen molar-refractivity contribution in [3.8, 4) is 12.3 Å². The van der Waals surface area contributed by atoms with Crippen molar-refractivity contribution < 1.29 is 14.7 Å². The highest BCUT2D eigenvalue weighted by molar-refractivity contribution is 5.77. The third kappa shape index (κ3) is 4.69. The molecule has 5 heteroatoms. The normalized spacial score (nSPS) is 12.4. The second-order valence-corrected chi connectivity index (χ2v) is 4.14. The molecule has 0 radical (unpaired) electrons. The molecule has 1 atom stereocenters. The number of amides is 2. The van der Waals surface area contributed by atoms with Gasteiger partial charge in [-0.3, -0.25) is 4.79 Å². The summed E-state index contributed by atoms with van der Waals surface area (Å²) in [5.41, 5.74) is -0.991. The van der Waals surface area contributed by atoms with Crippen LogP contribution in [-0.4, -0.2) is 29.7 Å². The van der Waals surface area contributed by atoms with E-state index in [4.69, 9.17) is 11.5 Å². The number of hydrogen-bond acceptors (Lipinski definition) is 2. The molecule has 0 aromatic heterocycles. The molecule has 0 bridgehead atoms. The van der Waals surface area contributed by atoms with E-state index in [0.29, 0.717) is 6.42 Å². The number of carbonyl (C=O) groups excluding carboxylic acids is 1. The van der Waals surface area contributed by atoms with Gasteiger partial charge in [0.1, 0.15) is 0 Å². The van der Waals surface area contributed by atoms with Gasteiger partial charge in [0.2, 0.25) is 0 Å². The molecule has 0 aromatic carbocycles. The molecule has 16 heavy (non-hydrogen) atoms. The monoisotopic (exact) mass is 226 g/mol. The van der Waals surface area contributed by atoms with Gasteiger partial charge < -0.3 is 15.7 Å². The zero-order valence-electron chi connectivity index (χ0n) is 9.83. The largest absolute Gasteiger partial charge is 0.481 e. The first-order chi connectivity index (χ1) is 7.33. The highest BCUT2D eigenvalue weighted by atomic mass is 16.4. The summed E-state index contributed by atoms with van der Waals surface area (Å²) in [6.07, 6.45) is 5.81. The Morgan fingerprint density at radius 3 is 2.44 bits per heavy atom. The molecule has 0 saturated heterocycles. The topological polar surface area (TPSA) is 78.4 Å². The van der Waals surface area contributed by atoms with Crippen molar-refractivity contribution in [1.82, 2.24) is 10.6 Å². The maximum Gasteiger partial charge on any atom is 0.315 e. The first-order valence-corrected chi connectivity index (χ1v) is 5.07. The smallest absolute Gasteiger partial charge is 0.315 e. The van der Waals surface area contributed by atoms with Gasteiger partial charge in [-0.15, -0.1) is 6.42 Å². The van der Waals surface area contributed by atoms with Gasteiger partial charge in [0.15, 0.2) is 0 Å². The van der Waals surface area contributed by atoms with Crippen LogP contribution in [0, 0.1) is 17.8 Å². The van der Waals surface area contributed by atoms with Gasteiger partial charge in [0.05, 0.1) is 11.5 Å². The summed E-state index contributed by atoms with van der Waals surface area (Å²) in [4.78, 5) is 22.1. The quantitative estimate of drug-likeness (QED) is 0.607. The number of carboxylic acids is 1. The number of carboxylic acid groups (broad SMARTS) is 1. The fourth-order valence-electron chi connectivity index (χ4n) is 0.848. The SMILES string of the molecule is C#CC(CC)NC(=O)NCC(C)(C)C(=O)O. The summed E-state index contributed by atoms with van der Waals surface area (Å²) in [6, 6.07) is -0.771. The summed E-state index contributed by atoms with van der Waals surface area (Å²) >= 11 is 0. The van der Waals surface area contributed by atoms with Crippen LogP contribution in [0.4, 0.5) is 4.79 Å². The van der Waals surface area contributed by atoms with Crippen LogP contribution in [0.5, 0.6) is 0 Å². The van der Waals surface area contributed by atoms with Crippen LogP contribution in [0.15, 0.2) is 0 Å². The van der Waals surface area contributed by atoms with Crippen molar-refractivity contribution in [2.75, 3.05) is 6.54 Å². The molecule has 3 N–H and O–H groups in total. The van der Waals surface area contributed by atoms with E-state index in [9.17, 15) is 9.59 Å². The molecule has 0 aliphatic heterocycles. The molecule has 0 rings (SSSR count). The Bertz CT molecular complexity index is 305. The van der Waals surface area contributed by atoms with Gasteiger partial charge in [0, 0.05) is 6.54 Å². The van der Waals surface area contributed by atoms with Crippen LogP contribution in [0.2, 0.25) is 0 Å². The molecule has 0 aromatic rings. The van der Waals surface area contributed by atoms with Crippen molar-refractivity contribution in [2.24, 2.45) is 5.41 Å². The molecule has 90 valence electrons. The van der Waals surface area contributed by atoms with Crippen LogP contribution < -0.4 is 10.6 Å².